The summed E-state index contributed by atoms with van der Waals surface area (Å²) < 4.78 is 37.2. The van der Waals surface area contributed by atoms with Crippen molar-refractivity contribution in [3.8, 4) is 0 Å². The van der Waals surface area contributed by atoms with Crippen molar-refractivity contribution in [3.63, 3.8) is 0 Å². The summed E-state index contributed by atoms with van der Waals surface area (Å²) in [5.74, 6) is -2.14. The summed E-state index contributed by atoms with van der Waals surface area (Å²) in [4.78, 5) is 10.6. The van der Waals surface area contributed by atoms with Gasteiger partial charge in [0, 0.05) is 6.54 Å². The Morgan fingerprint density at radius 2 is 2.06 bits per heavy atom. The molecule has 1 N–H and O–H groups in total. The Balaban J connectivity index is 3.28. The smallest absolute Gasteiger partial charge is 0.335 e. The minimum atomic E-state index is -3.58. The van der Waals surface area contributed by atoms with Gasteiger partial charge >= 0.3 is 5.97 Å². The van der Waals surface area contributed by atoms with Gasteiger partial charge in [0.1, 0.15) is 5.82 Å². The quantitative estimate of drug-likeness (QED) is 0.886. The molecule has 0 saturated heterocycles. The number of benzene rings is 1. The normalized spacial score (nSPS) is 11.2. The van der Waals surface area contributed by atoms with Crippen molar-refractivity contribution in [2.45, 2.75) is 6.92 Å². The second-order valence-electron chi connectivity index (χ2n) is 3.40. The van der Waals surface area contributed by atoms with Crippen LogP contribution in [0, 0.1) is 5.82 Å². The first kappa shape index (κ1) is 13.4. The van der Waals surface area contributed by atoms with Crippen LogP contribution in [-0.2, 0) is 10.0 Å². The summed E-state index contributed by atoms with van der Waals surface area (Å²) >= 11 is 0. The zero-order chi connectivity index (χ0) is 13.2. The maximum Gasteiger partial charge on any atom is 0.335 e. The molecule has 0 aliphatic rings. The van der Waals surface area contributed by atoms with Crippen molar-refractivity contribution in [1.82, 2.24) is 0 Å². The standard InChI is InChI=1S/C10H12FNO4S/c1-3-12(17(2,15)16)9-5-4-7(10(13)14)6-8(9)11/h4-6H,3H2,1-2H3,(H,13,14). The van der Waals surface area contributed by atoms with Gasteiger partial charge in [0.2, 0.25) is 10.0 Å². The average Bonchev–Trinajstić information content (AvgIpc) is 2.19. The molecule has 1 aromatic carbocycles. The van der Waals surface area contributed by atoms with E-state index in [1.165, 1.54) is 0 Å². The third kappa shape index (κ3) is 2.94. The lowest BCUT2D eigenvalue weighted by atomic mass is 10.2. The Hall–Kier alpha value is -1.63. The highest BCUT2D eigenvalue weighted by Crippen LogP contribution is 2.22. The fraction of sp³-hybridized carbons (Fsp3) is 0.300. The van der Waals surface area contributed by atoms with Gasteiger partial charge in [-0.25, -0.2) is 17.6 Å². The van der Waals surface area contributed by atoms with E-state index in [2.05, 4.69) is 0 Å². The molecule has 0 heterocycles. The van der Waals surface area contributed by atoms with Gasteiger partial charge in [-0.1, -0.05) is 0 Å². The molecule has 0 bridgehead atoms. The Kier molecular flexibility index (Phi) is 3.72. The number of halogens is 1. The van der Waals surface area contributed by atoms with Gasteiger partial charge in [0.25, 0.3) is 0 Å². The molecule has 0 aromatic heterocycles. The molecule has 0 amide bonds. The lowest BCUT2D eigenvalue weighted by Crippen LogP contribution is -2.30. The van der Waals surface area contributed by atoms with Crippen molar-refractivity contribution in [2.24, 2.45) is 0 Å². The van der Waals surface area contributed by atoms with E-state index < -0.39 is 21.8 Å². The Morgan fingerprint density at radius 1 is 1.47 bits per heavy atom. The molecule has 0 saturated carbocycles. The predicted molar refractivity (Wildman–Crippen MR) is 61.2 cm³/mol. The molecule has 0 unspecified atom stereocenters. The van der Waals surface area contributed by atoms with Crippen LogP contribution >= 0.6 is 0 Å². The van der Waals surface area contributed by atoms with Crippen molar-refractivity contribution >= 4 is 21.7 Å². The first-order chi connectivity index (χ1) is 7.77. The number of aromatic carboxylic acids is 1. The van der Waals surface area contributed by atoms with Gasteiger partial charge in [0.15, 0.2) is 0 Å². The second-order valence-corrected chi connectivity index (χ2v) is 5.31. The number of nitrogens with zero attached hydrogens (tertiary/aromatic N) is 1. The molecule has 7 heteroatoms. The van der Waals surface area contributed by atoms with Crippen molar-refractivity contribution < 1.29 is 22.7 Å². The number of hydrogen-bond donors (Lipinski definition) is 1. The monoisotopic (exact) mass is 261 g/mol. The fourth-order valence-corrected chi connectivity index (χ4v) is 2.40. The molecule has 0 aliphatic heterocycles. The van der Waals surface area contributed by atoms with Crippen LogP contribution in [0.4, 0.5) is 10.1 Å². The van der Waals surface area contributed by atoms with Crippen LogP contribution in [0.2, 0.25) is 0 Å². The molecular weight excluding hydrogens is 249 g/mol. The summed E-state index contributed by atoms with van der Waals surface area (Å²) in [6, 6.07) is 3.10. The van der Waals surface area contributed by atoms with Gasteiger partial charge in [-0.05, 0) is 25.1 Å². The Labute approximate surface area is 98.5 Å². The van der Waals surface area contributed by atoms with Gasteiger partial charge in [-0.3, -0.25) is 4.31 Å². The van der Waals surface area contributed by atoms with Crippen LogP contribution in [0.1, 0.15) is 17.3 Å². The first-order valence-corrected chi connectivity index (χ1v) is 6.62. The van der Waals surface area contributed by atoms with Gasteiger partial charge < -0.3 is 5.11 Å². The average molecular weight is 261 g/mol. The lowest BCUT2D eigenvalue weighted by Gasteiger charge is -2.20. The minimum absolute atomic E-state index is 0.0716. The van der Waals surface area contributed by atoms with Crippen LogP contribution < -0.4 is 4.31 Å². The lowest BCUT2D eigenvalue weighted by molar-refractivity contribution is 0.0696. The third-order valence-corrected chi connectivity index (χ3v) is 3.41. The van der Waals surface area contributed by atoms with Crippen LogP contribution in [0.15, 0.2) is 18.2 Å². The number of carbonyl (C=O) groups is 1. The van der Waals surface area contributed by atoms with Crippen molar-refractivity contribution in [2.75, 3.05) is 17.1 Å². The van der Waals surface area contributed by atoms with Gasteiger partial charge in [-0.15, -0.1) is 0 Å². The van der Waals surface area contributed by atoms with Gasteiger partial charge in [-0.2, -0.15) is 0 Å². The van der Waals surface area contributed by atoms with Crippen molar-refractivity contribution in [3.05, 3.63) is 29.6 Å². The first-order valence-electron chi connectivity index (χ1n) is 4.78. The van der Waals surface area contributed by atoms with E-state index >= 15 is 0 Å². The zero-order valence-corrected chi connectivity index (χ0v) is 10.2. The maximum absolute atomic E-state index is 13.6. The second kappa shape index (κ2) is 4.70. The van der Waals surface area contributed by atoms with Crippen molar-refractivity contribution in [1.29, 1.82) is 0 Å². The topological polar surface area (TPSA) is 74.7 Å². The molecular formula is C10H12FNO4S. The Morgan fingerprint density at radius 3 is 2.41 bits per heavy atom. The van der Waals surface area contributed by atoms with E-state index in [4.69, 9.17) is 5.11 Å². The summed E-state index contributed by atoms with van der Waals surface area (Å²) in [5.41, 5.74) is -0.379. The molecule has 0 atom stereocenters. The van der Waals surface area contributed by atoms with E-state index in [-0.39, 0.29) is 17.8 Å². The Bertz CT molecular complexity index is 541. The fourth-order valence-electron chi connectivity index (χ4n) is 1.43. The molecule has 1 aromatic rings. The minimum Gasteiger partial charge on any atom is -0.478 e. The van der Waals surface area contributed by atoms with Crippen LogP contribution in [-0.4, -0.2) is 32.3 Å². The van der Waals surface area contributed by atoms with E-state index in [0.29, 0.717) is 0 Å². The predicted octanol–water partition coefficient (Wildman–Crippen LogP) is 1.31. The number of sulfonamides is 1. The molecule has 1 rings (SSSR count). The molecule has 0 aliphatic carbocycles. The summed E-state index contributed by atoms with van der Waals surface area (Å²) in [6.07, 6.45) is 0.959. The molecule has 17 heavy (non-hydrogen) atoms. The number of carboxylic acid groups (broad SMARTS) is 1. The number of hydrogen-bond acceptors (Lipinski definition) is 3. The van der Waals surface area contributed by atoms with E-state index in [1.54, 1.807) is 6.92 Å². The van der Waals surface area contributed by atoms with E-state index in [9.17, 15) is 17.6 Å². The number of rotatable bonds is 4. The van der Waals surface area contributed by atoms with Crippen LogP contribution in [0.5, 0.6) is 0 Å². The highest BCUT2D eigenvalue weighted by molar-refractivity contribution is 7.92. The molecule has 0 spiro atoms. The summed E-state index contributed by atoms with van der Waals surface area (Å²) in [5, 5.41) is 8.66. The largest absolute Gasteiger partial charge is 0.478 e. The zero-order valence-electron chi connectivity index (χ0n) is 9.34. The molecule has 0 fully saturated rings. The third-order valence-electron chi connectivity index (χ3n) is 2.15. The highest BCUT2D eigenvalue weighted by atomic mass is 32.2. The highest BCUT2D eigenvalue weighted by Gasteiger charge is 2.19. The number of anilines is 1. The number of carboxylic acids is 1. The van der Waals surface area contributed by atoms with Gasteiger partial charge in [0.05, 0.1) is 17.5 Å². The van der Waals surface area contributed by atoms with Crippen LogP contribution in [0.3, 0.4) is 0 Å². The molecule has 0 radical (unpaired) electrons. The van der Waals surface area contributed by atoms with E-state index in [0.717, 1.165) is 28.8 Å². The SMILES string of the molecule is CCN(c1ccc(C(=O)O)cc1F)S(C)(=O)=O. The maximum atomic E-state index is 13.6. The van der Waals surface area contributed by atoms with E-state index in [1.807, 2.05) is 0 Å². The van der Waals surface area contributed by atoms with Crippen LogP contribution in [0.25, 0.3) is 0 Å². The summed E-state index contributed by atoms with van der Waals surface area (Å²) in [7, 11) is -3.58. The molecule has 94 valence electrons. The molecule has 5 nitrogen and oxygen atoms in total. The summed E-state index contributed by atoms with van der Waals surface area (Å²) in [6.45, 7) is 1.63.